The average molecular weight is 925 g/mol. The van der Waals surface area contributed by atoms with Gasteiger partial charge >= 0.3 is 0 Å². The maximum atomic E-state index is 5.01. The molecule has 3 aliphatic carbocycles. The molecule has 0 aromatic heterocycles. The standard InChI is InChI=1S/C69H68N2/c1-12-19-57-48(5)66(70(53-34-26-45(2)27-35-53)55-38-30-51(31-39-55)68(6,7)8)61-23-16-13-20-58(61)64(57)49-42-47(4)43-50(44-49)65-59-21-14-17-24-62(59)67(63-25-18-15-22-60(63)65)71(54-36-28-46(3)29-37-54)56-40-32-52(33-41-56)69(9,10)11/h12,14-19,21-44,62,67H,1,5,13,20H2,2-4,6-11H3/b57-19+. The molecule has 0 saturated carbocycles. The lowest BCUT2D eigenvalue weighted by atomic mass is 9.70. The van der Waals surface area contributed by atoms with Crippen LogP contribution in [0.4, 0.5) is 28.4 Å². The third-order valence-electron chi connectivity index (χ3n) is 14.9. The second kappa shape index (κ2) is 18.7. The Hall–Kier alpha value is -7.42. The van der Waals surface area contributed by atoms with Crippen molar-refractivity contribution in [3.8, 4) is 11.1 Å². The highest BCUT2D eigenvalue weighted by Gasteiger charge is 2.39. The van der Waals surface area contributed by atoms with Gasteiger partial charge in [0.1, 0.15) is 0 Å². The number of benzene rings is 7. The first-order valence-electron chi connectivity index (χ1n) is 25.5. The number of anilines is 5. The number of allylic oxidation sites excluding steroid dienone is 5. The van der Waals surface area contributed by atoms with Gasteiger partial charge in [-0.1, -0.05) is 199 Å². The fourth-order valence-electron chi connectivity index (χ4n) is 11.3. The minimum absolute atomic E-state index is 0.00799. The third-order valence-corrected chi connectivity index (χ3v) is 14.9. The van der Waals surface area contributed by atoms with Gasteiger partial charge in [0.05, 0.1) is 11.7 Å². The van der Waals surface area contributed by atoms with Crippen molar-refractivity contribution in [2.24, 2.45) is 5.92 Å². The van der Waals surface area contributed by atoms with Crippen LogP contribution in [0.25, 0.3) is 35.4 Å². The monoisotopic (exact) mass is 925 g/mol. The molecule has 71 heavy (non-hydrogen) atoms. The molecule has 0 spiro atoms. The van der Waals surface area contributed by atoms with Crippen molar-refractivity contribution in [2.75, 3.05) is 9.80 Å². The van der Waals surface area contributed by atoms with Crippen LogP contribution in [0.1, 0.15) is 110 Å². The van der Waals surface area contributed by atoms with Crippen molar-refractivity contribution < 1.29 is 0 Å². The summed E-state index contributed by atoms with van der Waals surface area (Å²) < 4.78 is 0. The first-order valence-corrected chi connectivity index (χ1v) is 25.5. The van der Waals surface area contributed by atoms with Crippen LogP contribution in [0, 0.1) is 26.7 Å². The van der Waals surface area contributed by atoms with Gasteiger partial charge in [-0.15, -0.1) is 0 Å². The maximum absolute atomic E-state index is 5.01. The predicted octanol–water partition coefficient (Wildman–Crippen LogP) is 17.1. The lowest BCUT2D eigenvalue weighted by molar-refractivity contribution is 0.571. The Morgan fingerprint density at radius 1 is 0.606 bits per heavy atom. The van der Waals surface area contributed by atoms with Crippen molar-refractivity contribution in [1.82, 2.24) is 0 Å². The van der Waals surface area contributed by atoms with Crippen LogP contribution in [0.3, 0.4) is 0 Å². The predicted molar refractivity (Wildman–Crippen MR) is 307 cm³/mol. The van der Waals surface area contributed by atoms with Gasteiger partial charge < -0.3 is 9.80 Å². The van der Waals surface area contributed by atoms with Crippen LogP contribution < -0.4 is 20.2 Å². The lowest BCUT2D eigenvalue weighted by Crippen LogP contribution is -2.34. The maximum Gasteiger partial charge on any atom is 0.0701 e. The SMILES string of the molecule is C=C/C=c1/c(-c2cc(C)cc(C3=C4C=CC=CC4C(N(c4ccc(C)cc4)c4ccc(C(C)(C)C)cc4)c4ccccc43)c2)c2c(c(N(c3ccc(C)cc3)c3ccc(C(C)(C)C)cc3)c1=C)C=CCC2. The van der Waals surface area contributed by atoms with Gasteiger partial charge in [-0.3, -0.25) is 0 Å². The topological polar surface area (TPSA) is 6.48 Å². The average Bonchev–Trinajstić information content (AvgIpc) is 3.35. The molecule has 354 valence electrons. The van der Waals surface area contributed by atoms with E-state index in [9.17, 15) is 0 Å². The minimum Gasteiger partial charge on any atom is -0.333 e. The number of hydrogen-bond donors (Lipinski definition) is 0. The quantitative estimate of drug-likeness (QED) is 0.142. The zero-order chi connectivity index (χ0) is 49.8. The van der Waals surface area contributed by atoms with E-state index in [1.54, 1.807) is 0 Å². The Balaban J connectivity index is 1.18. The highest BCUT2D eigenvalue weighted by atomic mass is 15.2. The summed E-state index contributed by atoms with van der Waals surface area (Å²) in [6, 6.07) is 52.8. The molecular weight excluding hydrogens is 857 g/mol. The van der Waals surface area contributed by atoms with E-state index >= 15 is 0 Å². The van der Waals surface area contributed by atoms with Gasteiger partial charge in [0.15, 0.2) is 0 Å². The molecule has 0 radical (unpaired) electrons. The molecule has 3 aliphatic rings. The summed E-state index contributed by atoms with van der Waals surface area (Å²) >= 11 is 0. The second-order valence-corrected chi connectivity index (χ2v) is 22.0. The molecule has 0 bridgehead atoms. The molecule has 2 heteroatoms. The summed E-state index contributed by atoms with van der Waals surface area (Å²) in [5.41, 5.74) is 23.6. The van der Waals surface area contributed by atoms with E-state index in [-0.39, 0.29) is 22.8 Å². The summed E-state index contributed by atoms with van der Waals surface area (Å²) in [5, 5.41) is 2.09. The molecule has 0 amide bonds. The van der Waals surface area contributed by atoms with Crippen molar-refractivity contribution >= 4 is 52.7 Å². The highest BCUT2D eigenvalue weighted by Crippen LogP contribution is 2.53. The van der Waals surface area contributed by atoms with Crippen molar-refractivity contribution in [3.63, 3.8) is 0 Å². The van der Waals surface area contributed by atoms with Gasteiger partial charge in [0.2, 0.25) is 0 Å². The Bertz CT molecular complexity index is 3410. The largest absolute Gasteiger partial charge is 0.333 e. The molecule has 2 atom stereocenters. The van der Waals surface area contributed by atoms with E-state index < -0.39 is 0 Å². The van der Waals surface area contributed by atoms with E-state index in [4.69, 9.17) is 6.58 Å². The molecule has 2 unspecified atom stereocenters. The number of nitrogens with zero attached hydrogens (tertiary/aromatic N) is 2. The molecule has 2 nitrogen and oxygen atoms in total. The Kier molecular flexibility index (Phi) is 12.5. The van der Waals surface area contributed by atoms with Crippen LogP contribution in [-0.2, 0) is 17.3 Å². The van der Waals surface area contributed by atoms with Crippen LogP contribution in [0.2, 0.25) is 0 Å². The fraction of sp³-hybridized carbons (Fsp3) is 0.217. The summed E-state index contributed by atoms with van der Waals surface area (Å²) in [6.45, 7) is 29.6. The number of rotatable bonds is 9. The summed E-state index contributed by atoms with van der Waals surface area (Å²) in [7, 11) is 0. The molecule has 7 aromatic carbocycles. The van der Waals surface area contributed by atoms with Gasteiger partial charge in [0.25, 0.3) is 0 Å². The summed E-state index contributed by atoms with van der Waals surface area (Å²) in [4.78, 5) is 5.02. The summed E-state index contributed by atoms with van der Waals surface area (Å²) in [5.74, 6) is 0.0796. The normalized spacial score (nSPS) is 16.4. The molecule has 0 aliphatic heterocycles. The minimum atomic E-state index is 0.00799. The zero-order valence-corrected chi connectivity index (χ0v) is 43.3. The summed E-state index contributed by atoms with van der Waals surface area (Å²) in [6.07, 6.45) is 20.0. The fourth-order valence-corrected chi connectivity index (χ4v) is 11.3. The van der Waals surface area contributed by atoms with E-state index in [1.807, 2.05) is 6.08 Å². The number of hydrogen-bond acceptors (Lipinski definition) is 2. The molecule has 0 fully saturated rings. The Morgan fingerprint density at radius 3 is 1.77 bits per heavy atom. The molecule has 0 heterocycles. The van der Waals surface area contributed by atoms with Crippen molar-refractivity contribution in [3.05, 3.63) is 254 Å². The molecule has 0 saturated heterocycles. The van der Waals surface area contributed by atoms with Gasteiger partial charge in [-0.05, 0) is 171 Å². The molecule has 7 aromatic rings. The number of aryl methyl sites for hydroxylation is 3. The van der Waals surface area contributed by atoms with E-state index in [2.05, 4.69) is 261 Å². The van der Waals surface area contributed by atoms with Gasteiger partial charge in [-0.25, -0.2) is 0 Å². The third kappa shape index (κ3) is 8.91. The van der Waals surface area contributed by atoms with Crippen molar-refractivity contribution in [2.45, 2.75) is 92.0 Å². The first-order chi connectivity index (χ1) is 34.1. The Labute approximate surface area is 423 Å². The van der Waals surface area contributed by atoms with Crippen molar-refractivity contribution in [1.29, 1.82) is 0 Å². The first kappa shape index (κ1) is 47.3. The zero-order valence-electron chi connectivity index (χ0n) is 43.3. The molecular formula is C69H68N2. The van der Waals surface area contributed by atoms with Crippen LogP contribution in [0.5, 0.6) is 0 Å². The lowest BCUT2D eigenvalue weighted by Gasteiger charge is -2.44. The van der Waals surface area contributed by atoms with Crippen LogP contribution in [0.15, 0.2) is 188 Å². The van der Waals surface area contributed by atoms with E-state index in [1.165, 1.54) is 89.3 Å². The van der Waals surface area contributed by atoms with Gasteiger partial charge in [0, 0.05) is 34.2 Å². The smallest absolute Gasteiger partial charge is 0.0701 e. The second-order valence-electron chi connectivity index (χ2n) is 22.0. The van der Waals surface area contributed by atoms with Gasteiger partial charge in [-0.2, -0.15) is 0 Å². The van der Waals surface area contributed by atoms with Crippen LogP contribution in [-0.4, -0.2) is 0 Å². The van der Waals surface area contributed by atoms with Crippen LogP contribution >= 0.6 is 0 Å². The van der Waals surface area contributed by atoms with E-state index in [0.29, 0.717) is 0 Å². The molecule has 0 N–H and O–H groups in total. The Morgan fingerprint density at radius 2 is 1.17 bits per heavy atom. The highest BCUT2D eigenvalue weighted by molar-refractivity contribution is 5.93. The molecule has 10 rings (SSSR count). The van der Waals surface area contributed by atoms with E-state index in [0.717, 1.165) is 40.3 Å². The number of fused-ring (bicyclic) bond motifs is 3.